The molecule has 2 fully saturated rings. The van der Waals surface area contributed by atoms with Gasteiger partial charge in [0.1, 0.15) is 6.61 Å². The third-order valence-corrected chi connectivity index (χ3v) is 4.12. The maximum atomic E-state index is 13.4. The molecule has 0 N–H and O–H groups in total. The van der Waals surface area contributed by atoms with E-state index >= 15 is 0 Å². The Kier molecular flexibility index (Phi) is 4.42. The maximum Gasteiger partial charge on any atom is 0.171 e. The molecule has 5 heteroatoms. The molecule has 1 aromatic rings. The Labute approximate surface area is 124 Å². The average molecular weight is 295 g/mol. The minimum Gasteiger partial charge on any atom is -0.489 e. The summed E-state index contributed by atoms with van der Waals surface area (Å²) < 4.78 is 30.6. The number of piperidine rings is 1. The summed E-state index contributed by atoms with van der Waals surface area (Å²) in [6.07, 6.45) is 1.97. The van der Waals surface area contributed by atoms with E-state index in [9.17, 15) is 4.39 Å². The normalized spacial score (nSPS) is 25.3. The van der Waals surface area contributed by atoms with Crippen LogP contribution in [0.1, 0.15) is 19.8 Å². The summed E-state index contributed by atoms with van der Waals surface area (Å²) in [7, 11) is 0. The SMILES string of the molecule is CC1COC2(CCN(CCOc3ccccc3F)CC2)O1. The highest BCUT2D eigenvalue weighted by Gasteiger charge is 2.42. The Hall–Kier alpha value is -1.17. The number of ether oxygens (including phenoxy) is 3. The van der Waals surface area contributed by atoms with Crippen LogP contribution in [0.3, 0.4) is 0 Å². The van der Waals surface area contributed by atoms with Gasteiger partial charge in [-0.15, -0.1) is 0 Å². The van der Waals surface area contributed by atoms with Crippen molar-refractivity contribution >= 4 is 0 Å². The van der Waals surface area contributed by atoms with Crippen molar-refractivity contribution in [3.05, 3.63) is 30.1 Å². The van der Waals surface area contributed by atoms with E-state index in [-0.39, 0.29) is 17.7 Å². The van der Waals surface area contributed by atoms with Crippen LogP contribution in [-0.2, 0) is 9.47 Å². The van der Waals surface area contributed by atoms with Crippen molar-refractivity contribution < 1.29 is 18.6 Å². The first-order chi connectivity index (χ1) is 10.2. The molecule has 0 aliphatic carbocycles. The van der Waals surface area contributed by atoms with Crippen molar-refractivity contribution in [2.45, 2.75) is 31.7 Å². The molecule has 1 spiro atoms. The van der Waals surface area contributed by atoms with Crippen LogP contribution in [0.25, 0.3) is 0 Å². The van der Waals surface area contributed by atoms with E-state index in [0.717, 1.165) is 32.5 Å². The van der Waals surface area contributed by atoms with Crippen molar-refractivity contribution in [2.24, 2.45) is 0 Å². The lowest BCUT2D eigenvalue weighted by Crippen LogP contribution is -2.46. The molecule has 0 amide bonds. The second-order valence-electron chi connectivity index (χ2n) is 5.77. The molecular weight excluding hydrogens is 273 g/mol. The summed E-state index contributed by atoms with van der Waals surface area (Å²) in [5.41, 5.74) is 0. The quantitative estimate of drug-likeness (QED) is 0.853. The lowest BCUT2D eigenvalue weighted by Gasteiger charge is -2.37. The molecule has 3 rings (SSSR count). The van der Waals surface area contributed by atoms with Crippen molar-refractivity contribution in [3.63, 3.8) is 0 Å². The van der Waals surface area contributed by atoms with Crippen LogP contribution < -0.4 is 4.74 Å². The first-order valence-corrected chi connectivity index (χ1v) is 7.58. The maximum absolute atomic E-state index is 13.4. The predicted molar refractivity (Wildman–Crippen MR) is 76.8 cm³/mol. The average Bonchev–Trinajstić information content (AvgIpc) is 2.84. The fraction of sp³-hybridized carbons (Fsp3) is 0.625. The fourth-order valence-electron chi connectivity index (χ4n) is 2.93. The van der Waals surface area contributed by atoms with Gasteiger partial charge in [0.05, 0.1) is 12.7 Å². The molecule has 116 valence electrons. The smallest absolute Gasteiger partial charge is 0.171 e. The number of benzene rings is 1. The first-order valence-electron chi connectivity index (χ1n) is 7.58. The molecule has 4 nitrogen and oxygen atoms in total. The third-order valence-electron chi connectivity index (χ3n) is 4.12. The molecule has 21 heavy (non-hydrogen) atoms. The Bertz CT molecular complexity index is 474. The molecular formula is C16H22FNO3. The number of nitrogens with zero attached hydrogens (tertiary/aromatic N) is 1. The highest BCUT2D eigenvalue weighted by atomic mass is 19.1. The lowest BCUT2D eigenvalue weighted by atomic mass is 10.0. The van der Waals surface area contributed by atoms with Crippen molar-refractivity contribution in [1.82, 2.24) is 4.90 Å². The highest BCUT2D eigenvalue weighted by molar-refractivity contribution is 5.23. The number of likely N-dealkylation sites (tertiary alicyclic amines) is 1. The Morgan fingerprint density at radius 2 is 2.10 bits per heavy atom. The van der Waals surface area contributed by atoms with Crippen molar-refractivity contribution in [1.29, 1.82) is 0 Å². The molecule has 2 aliphatic heterocycles. The molecule has 0 aromatic heterocycles. The zero-order valence-corrected chi connectivity index (χ0v) is 12.4. The number of rotatable bonds is 4. The van der Waals surface area contributed by atoms with E-state index in [0.29, 0.717) is 19.0 Å². The van der Waals surface area contributed by atoms with Crippen LogP contribution >= 0.6 is 0 Å². The molecule has 1 atom stereocenters. The lowest BCUT2D eigenvalue weighted by molar-refractivity contribution is -0.193. The number of halogens is 1. The van der Waals surface area contributed by atoms with Gasteiger partial charge in [-0.3, -0.25) is 4.90 Å². The first kappa shape index (κ1) is 14.8. The van der Waals surface area contributed by atoms with Gasteiger partial charge in [-0.25, -0.2) is 4.39 Å². The molecule has 2 heterocycles. The van der Waals surface area contributed by atoms with Gasteiger partial charge in [-0.1, -0.05) is 12.1 Å². The Balaban J connectivity index is 1.41. The van der Waals surface area contributed by atoms with Gasteiger partial charge in [0.25, 0.3) is 0 Å². The Morgan fingerprint density at radius 3 is 2.76 bits per heavy atom. The summed E-state index contributed by atoms with van der Waals surface area (Å²) in [6, 6.07) is 6.51. The minimum atomic E-state index is -0.359. The van der Waals surface area contributed by atoms with Crippen molar-refractivity contribution in [3.8, 4) is 5.75 Å². The fourth-order valence-corrected chi connectivity index (χ4v) is 2.93. The standard InChI is InChI=1S/C16H22FNO3/c1-13-12-20-16(21-13)6-8-18(9-7-16)10-11-19-15-5-3-2-4-14(15)17/h2-5,13H,6-12H2,1H3. The van der Waals surface area contributed by atoms with Gasteiger partial charge in [0, 0.05) is 32.5 Å². The zero-order chi connectivity index (χ0) is 14.7. The van der Waals surface area contributed by atoms with E-state index in [1.165, 1.54) is 6.07 Å². The second-order valence-corrected chi connectivity index (χ2v) is 5.77. The molecule has 2 saturated heterocycles. The second kappa shape index (κ2) is 6.30. The largest absolute Gasteiger partial charge is 0.489 e. The third kappa shape index (κ3) is 3.54. The van der Waals surface area contributed by atoms with Gasteiger partial charge in [-0.2, -0.15) is 0 Å². The minimum absolute atomic E-state index is 0.195. The van der Waals surface area contributed by atoms with Crippen LogP contribution in [0.2, 0.25) is 0 Å². The summed E-state index contributed by atoms with van der Waals surface area (Å²) in [5, 5.41) is 0. The molecule has 0 saturated carbocycles. The van der Waals surface area contributed by atoms with Gasteiger partial charge in [0.15, 0.2) is 17.4 Å². The molecule has 2 aliphatic rings. The van der Waals surface area contributed by atoms with Crippen LogP contribution in [0.15, 0.2) is 24.3 Å². The van der Waals surface area contributed by atoms with Gasteiger partial charge >= 0.3 is 0 Å². The highest BCUT2D eigenvalue weighted by Crippen LogP contribution is 2.33. The van der Waals surface area contributed by atoms with Crippen LogP contribution in [0, 0.1) is 5.82 Å². The van der Waals surface area contributed by atoms with E-state index in [1.54, 1.807) is 18.2 Å². The molecule has 0 radical (unpaired) electrons. The predicted octanol–water partition coefficient (Wildman–Crippen LogP) is 2.43. The van der Waals surface area contributed by atoms with E-state index < -0.39 is 0 Å². The topological polar surface area (TPSA) is 30.9 Å². The van der Waals surface area contributed by atoms with Gasteiger partial charge in [-0.05, 0) is 19.1 Å². The van der Waals surface area contributed by atoms with Crippen molar-refractivity contribution in [2.75, 3.05) is 32.8 Å². The van der Waals surface area contributed by atoms with E-state index in [2.05, 4.69) is 4.90 Å². The summed E-state index contributed by atoms with van der Waals surface area (Å²) in [5.74, 6) is -0.346. The van der Waals surface area contributed by atoms with Crippen LogP contribution in [0.4, 0.5) is 4.39 Å². The van der Waals surface area contributed by atoms with Gasteiger partial charge < -0.3 is 14.2 Å². The number of hydrogen-bond donors (Lipinski definition) is 0. The molecule has 1 unspecified atom stereocenters. The summed E-state index contributed by atoms with van der Waals surface area (Å²) in [4.78, 5) is 2.31. The Morgan fingerprint density at radius 1 is 1.33 bits per heavy atom. The monoisotopic (exact) mass is 295 g/mol. The van der Waals surface area contributed by atoms with E-state index in [4.69, 9.17) is 14.2 Å². The van der Waals surface area contributed by atoms with E-state index in [1.807, 2.05) is 6.92 Å². The zero-order valence-electron chi connectivity index (χ0n) is 12.4. The number of para-hydroxylation sites is 1. The van der Waals surface area contributed by atoms with Crippen LogP contribution in [0.5, 0.6) is 5.75 Å². The number of hydrogen-bond acceptors (Lipinski definition) is 4. The van der Waals surface area contributed by atoms with Crippen LogP contribution in [-0.4, -0.2) is 49.6 Å². The van der Waals surface area contributed by atoms with Gasteiger partial charge in [0.2, 0.25) is 0 Å². The molecule has 1 aromatic carbocycles. The summed E-state index contributed by atoms with van der Waals surface area (Å²) in [6.45, 7) is 5.87. The molecule has 0 bridgehead atoms. The summed E-state index contributed by atoms with van der Waals surface area (Å²) >= 11 is 0.